The van der Waals surface area contributed by atoms with E-state index in [4.69, 9.17) is 17.3 Å². The molecule has 2 aromatic carbocycles. The van der Waals surface area contributed by atoms with Crippen LogP contribution in [0.5, 0.6) is 0 Å². The van der Waals surface area contributed by atoms with Gasteiger partial charge in [0.1, 0.15) is 17.2 Å². The number of aromatic nitrogens is 2. The molecule has 0 spiro atoms. The second kappa shape index (κ2) is 8.40. The molecule has 8 heteroatoms. The van der Waals surface area contributed by atoms with Crippen molar-refractivity contribution in [1.82, 2.24) is 9.78 Å². The van der Waals surface area contributed by atoms with Crippen molar-refractivity contribution < 1.29 is 14.3 Å². The molecule has 2 unspecified atom stereocenters. The number of fused-ring (bicyclic) bond motifs is 1. The predicted octanol–water partition coefficient (Wildman–Crippen LogP) is 5.15. The summed E-state index contributed by atoms with van der Waals surface area (Å²) in [7, 11) is 1.72. The number of aliphatic hydroxyl groups is 1. The predicted molar refractivity (Wildman–Crippen MR) is 130 cm³/mol. The SMILES string of the molecule is Cc1ccc(C2(O)CC3CC(c4nn(C)c(N)c4C(=O)Nc4ccc(F)c(Cl)c4)CC3C2)cc1. The van der Waals surface area contributed by atoms with Gasteiger partial charge in [-0.3, -0.25) is 9.48 Å². The number of hydrogen-bond donors (Lipinski definition) is 3. The smallest absolute Gasteiger partial charge is 0.261 e. The van der Waals surface area contributed by atoms with Crippen LogP contribution in [0.1, 0.15) is 58.8 Å². The van der Waals surface area contributed by atoms with E-state index in [1.807, 2.05) is 31.2 Å². The summed E-state index contributed by atoms with van der Waals surface area (Å²) in [6.45, 7) is 2.04. The fourth-order valence-corrected chi connectivity index (χ4v) is 6.01. The van der Waals surface area contributed by atoms with E-state index in [1.54, 1.807) is 7.05 Å². The van der Waals surface area contributed by atoms with Crippen LogP contribution < -0.4 is 11.1 Å². The molecule has 2 atom stereocenters. The molecule has 1 heterocycles. The number of nitrogen functional groups attached to an aromatic ring is 1. The minimum atomic E-state index is -0.806. The fourth-order valence-electron chi connectivity index (χ4n) is 5.83. The summed E-state index contributed by atoms with van der Waals surface area (Å²) < 4.78 is 15.0. The largest absolute Gasteiger partial charge is 0.385 e. The molecule has 2 saturated carbocycles. The van der Waals surface area contributed by atoms with Gasteiger partial charge in [-0.05, 0) is 68.2 Å². The maximum absolute atomic E-state index is 13.5. The Morgan fingerprint density at radius 3 is 2.47 bits per heavy atom. The zero-order chi connectivity index (χ0) is 24.2. The number of benzene rings is 2. The average molecular weight is 483 g/mol. The number of rotatable bonds is 4. The van der Waals surface area contributed by atoms with Gasteiger partial charge in [0.2, 0.25) is 0 Å². The monoisotopic (exact) mass is 482 g/mol. The zero-order valence-corrected chi connectivity index (χ0v) is 19.9. The molecule has 1 amide bonds. The lowest BCUT2D eigenvalue weighted by Crippen LogP contribution is -2.23. The van der Waals surface area contributed by atoms with Gasteiger partial charge in [0.25, 0.3) is 5.91 Å². The molecule has 2 fully saturated rings. The third kappa shape index (κ3) is 3.97. The van der Waals surface area contributed by atoms with Crippen molar-refractivity contribution in [2.75, 3.05) is 11.1 Å². The van der Waals surface area contributed by atoms with Gasteiger partial charge in [-0.25, -0.2) is 4.39 Å². The quantitative estimate of drug-likeness (QED) is 0.479. The van der Waals surface area contributed by atoms with Crippen molar-refractivity contribution in [2.45, 2.75) is 44.1 Å². The highest BCUT2D eigenvalue weighted by atomic mass is 35.5. The standard InChI is InChI=1S/C26H28ClFN4O2/c1-14-3-5-18(6-4-14)26(34)12-16-9-15(10-17(16)13-26)23-22(24(29)32(2)31-23)25(33)30-19-7-8-21(28)20(27)11-19/h3-8,11,15-17,34H,9-10,12-13,29H2,1-2H3,(H,30,33). The first kappa shape index (κ1) is 22.9. The molecule has 6 nitrogen and oxygen atoms in total. The number of carbonyl (C=O) groups excluding carboxylic acids is 1. The third-order valence-electron chi connectivity index (χ3n) is 7.54. The van der Waals surface area contributed by atoms with E-state index in [1.165, 1.54) is 28.4 Å². The summed E-state index contributed by atoms with van der Waals surface area (Å²) >= 11 is 5.86. The maximum atomic E-state index is 13.5. The molecule has 4 N–H and O–H groups in total. The van der Waals surface area contributed by atoms with Crippen molar-refractivity contribution in [2.24, 2.45) is 18.9 Å². The Kier molecular flexibility index (Phi) is 5.65. The third-order valence-corrected chi connectivity index (χ3v) is 7.83. The molecule has 0 radical (unpaired) electrons. The van der Waals surface area contributed by atoms with Gasteiger partial charge in [0.05, 0.1) is 16.3 Å². The Labute approximate surface area is 202 Å². The molecule has 178 valence electrons. The van der Waals surface area contributed by atoms with Crippen LogP contribution in [0.25, 0.3) is 0 Å². The molecule has 5 rings (SSSR count). The van der Waals surface area contributed by atoms with Gasteiger partial charge in [0, 0.05) is 18.7 Å². The van der Waals surface area contributed by atoms with E-state index in [0.717, 1.165) is 18.4 Å². The Morgan fingerprint density at radius 2 is 1.85 bits per heavy atom. The molecule has 0 bridgehead atoms. The van der Waals surface area contributed by atoms with E-state index in [9.17, 15) is 14.3 Å². The van der Waals surface area contributed by atoms with Crippen molar-refractivity contribution in [3.05, 3.63) is 75.7 Å². The first-order valence-electron chi connectivity index (χ1n) is 11.5. The number of nitrogens with one attached hydrogen (secondary N) is 1. The second-order valence-corrected chi connectivity index (χ2v) is 10.3. The zero-order valence-electron chi connectivity index (χ0n) is 19.2. The molecular formula is C26H28ClFN4O2. The van der Waals surface area contributed by atoms with E-state index < -0.39 is 17.3 Å². The number of aryl methyl sites for hydroxylation is 2. The molecule has 0 saturated heterocycles. The van der Waals surface area contributed by atoms with Gasteiger partial charge in [-0.1, -0.05) is 41.4 Å². The highest BCUT2D eigenvalue weighted by molar-refractivity contribution is 6.31. The fraction of sp³-hybridized carbons (Fsp3) is 0.385. The van der Waals surface area contributed by atoms with Crippen LogP contribution in [-0.2, 0) is 12.6 Å². The molecule has 2 aliphatic carbocycles. The van der Waals surface area contributed by atoms with Crippen LogP contribution in [0.2, 0.25) is 5.02 Å². The normalized spacial score (nSPS) is 26.0. The number of nitrogens with zero attached hydrogens (tertiary/aromatic N) is 2. The topological polar surface area (TPSA) is 93.2 Å². The number of hydrogen-bond acceptors (Lipinski definition) is 4. The molecule has 0 aliphatic heterocycles. The highest BCUT2D eigenvalue weighted by Gasteiger charge is 2.50. The molecule has 3 aromatic rings. The summed E-state index contributed by atoms with van der Waals surface area (Å²) in [4.78, 5) is 13.2. The Bertz CT molecular complexity index is 1240. The van der Waals surface area contributed by atoms with Crippen molar-refractivity contribution in [1.29, 1.82) is 0 Å². The Balaban J connectivity index is 1.35. The number of carbonyl (C=O) groups is 1. The lowest BCUT2D eigenvalue weighted by Gasteiger charge is -2.25. The van der Waals surface area contributed by atoms with Gasteiger partial charge >= 0.3 is 0 Å². The average Bonchev–Trinajstić information content (AvgIpc) is 3.41. The van der Waals surface area contributed by atoms with Crippen molar-refractivity contribution in [3.63, 3.8) is 0 Å². The van der Waals surface area contributed by atoms with Gasteiger partial charge in [0.15, 0.2) is 0 Å². The highest BCUT2D eigenvalue weighted by Crippen LogP contribution is 2.57. The van der Waals surface area contributed by atoms with E-state index in [-0.39, 0.29) is 16.8 Å². The van der Waals surface area contributed by atoms with Crippen LogP contribution in [0.15, 0.2) is 42.5 Å². The lowest BCUT2D eigenvalue weighted by molar-refractivity contribution is 0.0344. The number of anilines is 2. The Morgan fingerprint density at radius 1 is 1.21 bits per heavy atom. The number of nitrogens with two attached hydrogens (primary N) is 1. The van der Waals surface area contributed by atoms with E-state index >= 15 is 0 Å². The molecule has 34 heavy (non-hydrogen) atoms. The number of amides is 1. The molecule has 2 aliphatic rings. The summed E-state index contributed by atoms with van der Waals surface area (Å²) in [5.74, 6) is 0.131. The van der Waals surface area contributed by atoms with Gasteiger partial charge < -0.3 is 16.2 Å². The van der Waals surface area contributed by atoms with Crippen molar-refractivity contribution in [3.8, 4) is 0 Å². The molecular weight excluding hydrogens is 455 g/mol. The van der Waals surface area contributed by atoms with E-state index in [0.29, 0.717) is 41.6 Å². The minimum absolute atomic E-state index is 0.0677. The number of halogens is 2. The van der Waals surface area contributed by atoms with Crippen molar-refractivity contribution >= 4 is 29.0 Å². The van der Waals surface area contributed by atoms with Crippen LogP contribution >= 0.6 is 11.6 Å². The van der Waals surface area contributed by atoms with Crippen LogP contribution in [-0.4, -0.2) is 20.8 Å². The maximum Gasteiger partial charge on any atom is 0.261 e. The summed E-state index contributed by atoms with van der Waals surface area (Å²) in [5.41, 5.74) is 9.00. The van der Waals surface area contributed by atoms with Gasteiger partial charge in [-0.2, -0.15) is 5.10 Å². The summed E-state index contributed by atoms with van der Waals surface area (Å²) in [6, 6.07) is 12.2. The Hall–Kier alpha value is -2.90. The van der Waals surface area contributed by atoms with Crippen LogP contribution in [0, 0.1) is 24.6 Å². The lowest BCUT2D eigenvalue weighted by atomic mass is 9.86. The molecule has 1 aromatic heterocycles. The van der Waals surface area contributed by atoms with Crippen LogP contribution in [0.4, 0.5) is 15.9 Å². The van der Waals surface area contributed by atoms with Crippen LogP contribution in [0.3, 0.4) is 0 Å². The summed E-state index contributed by atoms with van der Waals surface area (Å²) in [6.07, 6.45) is 3.10. The summed E-state index contributed by atoms with van der Waals surface area (Å²) in [5, 5.41) is 18.7. The van der Waals surface area contributed by atoms with E-state index in [2.05, 4.69) is 10.4 Å². The second-order valence-electron chi connectivity index (χ2n) is 9.85. The first-order valence-corrected chi connectivity index (χ1v) is 11.9. The van der Waals surface area contributed by atoms with Gasteiger partial charge in [-0.15, -0.1) is 0 Å². The first-order chi connectivity index (χ1) is 16.1. The minimum Gasteiger partial charge on any atom is -0.385 e.